The average molecular weight is 332 g/mol. The quantitative estimate of drug-likeness (QED) is 0.833. The first-order valence-electron chi connectivity index (χ1n) is 8.48. The molecule has 3 rings (SSSR count). The third-order valence-electron chi connectivity index (χ3n) is 4.66. The Hall–Kier alpha value is -1.73. The first-order valence-corrected chi connectivity index (χ1v) is 8.48. The van der Waals surface area contributed by atoms with Gasteiger partial charge in [-0.15, -0.1) is 5.10 Å². The number of hydrogen-bond donors (Lipinski definition) is 0. The van der Waals surface area contributed by atoms with Gasteiger partial charge in [-0.05, 0) is 26.3 Å². The molecule has 2 atom stereocenters. The average Bonchev–Trinajstić information content (AvgIpc) is 3.19. The number of hydrogen-bond acceptors (Lipinski definition) is 5. The lowest BCUT2D eigenvalue weighted by molar-refractivity contribution is 0.147. The highest BCUT2D eigenvalue weighted by atomic mass is 16.5. The van der Waals surface area contributed by atoms with Crippen molar-refractivity contribution in [3.63, 3.8) is 0 Å². The fraction of sp³-hybridized carbons (Fsp3) is 0.706. The van der Waals surface area contributed by atoms with Crippen LogP contribution >= 0.6 is 0 Å². The van der Waals surface area contributed by atoms with E-state index < -0.39 is 0 Å². The summed E-state index contributed by atoms with van der Waals surface area (Å²) in [5.41, 5.74) is 2.28. The van der Waals surface area contributed by atoms with Crippen molar-refractivity contribution >= 4 is 0 Å². The molecule has 3 heterocycles. The largest absolute Gasteiger partial charge is 0.384 e. The minimum absolute atomic E-state index is 0.0346. The van der Waals surface area contributed by atoms with Gasteiger partial charge in [-0.25, -0.2) is 4.68 Å². The van der Waals surface area contributed by atoms with Gasteiger partial charge in [-0.1, -0.05) is 5.21 Å². The van der Waals surface area contributed by atoms with Crippen LogP contribution in [0.4, 0.5) is 0 Å². The molecule has 1 fully saturated rings. The highest BCUT2D eigenvalue weighted by Gasteiger charge is 2.34. The Morgan fingerprint density at radius 3 is 2.62 bits per heavy atom. The Bertz CT molecular complexity index is 671. The van der Waals surface area contributed by atoms with Crippen LogP contribution in [0.1, 0.15) is 37.9 Å². The number of ether oxygens (including phenoxy) is 1. The Kier molecular flexibility index (Phi) is 4.73. The van der Waals surface area contributed by atoms with E-state index in [0.717, 1.165) is 31.9 Å². The Labute approximate surface area is 143 Å². The molecule has 7 heteroatoms. The summed E-state index contributed by atoms with van der Waals surface area (Å²) in [6.45, 7) is 10.0. The third-order valence-corrected chi connectivity index (χ3v) is 4.66. The van der Waals surface area contributed by atoms with Crippen LogP contribution in [0.5, 0.6) is 0 Å². The number of nitrogens with zero attached hydrogens (tertiary/aromatic N) is 6. The van der Waals surface area contributed by atoms with E-state index in [1.807, 2.05) is 22.6 Å². The molecule has 24 heavy (non-hydrogen) atoms. The maximum Gasteiger partial charge on any atom is 0.0967 e. The highest BCUT2D eigenvalue weighted by Crippen LogP contribution is 2.33. The molecule has 132 valence electrons. The molecule has 0 bridgehead atoms. The third kappa shape index (κ3) is 3.67. The van der Waals surface area contributed by atoms with Gasteiger partial charge < -0.3 is 4.74 Å². The van der Waals surface area contributed by atoms with Crippen molar-refractivity contribution in [2.45, 2.75) is 38.8 Å². The topological polar surface area (TPSA) is 61.0 Å². The fourth-order valence-electron chi connectivity index (χ4n) is 3.41. The minimum Gasteiger partial charge on any atom is -0.384 e. The van der Waals surface area contributed by atoms with Crippen LogP contribution < -0.4 is 0 Å². The van der Waals surface area contributed by atoms with E-state index in [2.05, 4.69) is 53.5 Å². The number of methoxy groups -OCH3 is 1. The van der Waals surface area contributed by atoms with Gasteiger partial charge in [0.2, 0.25) is 0 Å². The van der Waals surface area contributed by atoms with E-state index in [0.29, 0.717) is 11.8 Å². The van der Waals surface area contributed by atoms with Crippen LogP contribution in [0.3, 0.4) is 0 Å². The maximum atomic E-state index is 5.45. The summed E-state index contributed by atoms with van der Waals surface area (Å²) in [6.07, 6.45) is 6.15. The van der Waals surface area contributed by atoms with Gasteiger partial charge in [0.25, 0.3) is 0 Å². The van der Waals surface area contributed by atoms with Gasteiger partial charge in [-0.2, -0.15) is 5.10 Å². The van der Waals surface area contributed by atoms with Gasteiger partial charge in [0.1, 0.15) is 0 Å². The number of aromatic nitrogens is 5. The molecular formula is C17H28N6O. The molecule has 0 radical (unpaired) electrons. The lowest BCUT2D eigenvalue weighted by atomic mass is 9.92. The van der Waals surface area contributed by atoms with Crippen LogP contribution in [0.25, 0.3) is 0 Å². The first-order chi connectivity index (χ1) is 11.4. The molecule has 0 aliphatic carbocycles. The standard InChI is InChI=1S/C17H28N6O/c1-17(2,3)23-10-15(19-20-23)9-22-8-14(12-24-5)16(11-22)13-6-18-21(4)7-13/h6-7,10,14,16H,8-9,11-12H2,1-5H3/t14-,16-/m0/s1. The molecule has 0 saturated carbocycles. The summed E-state index contributed by atoms with van der Waals surface area (Å²) in [6, 6.07) is 0. The molecule has 0 spiro atoms. The van der Waals surface area contributed by atoms with Crippen LogP contribution in [-0.2, 0) is 23.9 Å². The summed E-state index contributed by atoms with van der Waals surface area (Å²) in [4.78, 5) is 2.44. The summed E-state index contributed by atoms with van der Waals surface area (Å²) >= 11 is 0. The molecule has 7 nitrogen and oxygen atoms in total. The summed E-state index contributed by atoms with van der Waals surface area (Å²) < 4.78 is 9.25. The van der Waals surface area contributed by atoms with Crippen molar-refractivity contribution in [3.8, 4) is 0 Å². The predicted molar refractivity (Wildman–Crippen MR) is 91.6 cm³/mol. The zero-order valence-corrected chi connectivity index (χ0v) is 15.3. The van der Waals surface area contributed by atoms with Crippen molar-refractivity contribution < 1.29 is 4.74 Å². The monoisotopic (exact) mass is 332 g/mol. The number of rotatable bonds is 5. The van der Waals surface area contributed by atoms with Gasteiger partial charge in [0, 0.05) is 51.8 Å². The van der Waals surface area contributed by atoms with Crippen molar-refractivity contribution in [3.05, 3.63) is 29.8 Å². The van der Waals surface area contributed by atoms with E-state index >= 15 is 0 Å². The molecule has 0 amide bonds. The molecule has 0 N–H and O–H groups in total. The van der Waals surface area contributed by atoms with E-state index in [9.17, 15) is 0 Å². The minimum atomic E-state index is -0.0346. The molecule has 0 aromatic carbocycles. The molecular weight excluding hydrogens is 304 g/mol. The van der Waals surface area contributed by atoms with Gasteiger partial charge in [0.15, 0.2) is 0 Å². The lowest BCUT2D eigenvalue weighted by Gasteiger charge is -2.17. The van der Waals surface area contributed by atoms with Crippen LogP contribution in [0.2, 0.25) is 0 Å². The molecule has 2 aromatic rings. The highest BCUT2D eigenvalue weighted by molar-refractivity contribution is 5.16. The zero-order valence-electron chi connectivity index (χ0n) is 15.3. The van der Waals surface area contributed by atoms with E-state index in [1.165, 1.54) is 5.56 Å². The predicted octanol–water partition coefficient (Wildman–Crippen LogP) is 1.63. The van der Waals surface area contributed by atoms with Crippen molar-refractivity contribution in [2.24, 2.45) is 13.0 Å². The van der Waals surface area contributed by atoms with Crippen LogP contribution in [0.15, 0.2) is 18.6 Å². The van der Waals surface area contributed by atoms with E-state index in [4.69, 9.17) is 4.74 Å². The second kappa shape index (κ2) is 6.64. The zero-order chi connectivity index (χ0) is 17.3. The fourth-order valence-corrected chi connectivity index (χ4v) is 3.41. The van der Waals surface area contributed by atoms with Crippen molar-refractivity contribution in [2.75, 3.05) is 26.8 Å². The first kappa shape index (κ1) is 17.1. The molecule has 1 aliphatic heterocycles. The normalized spacial score (nSPS) is 22.4. The summed E-state index contributed by atoms with van der Waals surface area (Å²) in [5.74, 6) is 0.938. The Morgan fingerprint density at radius 2 is 2.04 bits per heavy atom. The molecule has 1 aliphatic rings. The maximum absolute atomic E-state index is 5.45. The second-order valence-electron chi connectivity index (χ2n) is 7.79. The van der Waals surface area contributed by atoms with E-state index in [1.54, 1.807) is 7.11 Å². The number of likely N-dealkylation sites (tertiary alicyclic amines) is 1. The molecule has 1 saturated heterocycles. The Balaban J connectivity index is 1.70. The van der Waals surface area contributed by atoms with Crippen molar-refractivity contribution in [1.29, 1.82) is 0 Å². The Morgan fingerprint density at radius 1 is 1.25 bits per heavy atom. The number of aryl methyl sites for hydroxylation is 1. The molecule has 2 aromatic heterocycles. The van der Waals surface area contributed by atoms with Crippen LogP contribution in [0, 0.1) is 5.92 Å². The summed E-state index contributed by atoms with van der Waals surface area (Å²) in [5, 5.41) is 12.9. The second-order valence-corrected chi connectivity index (χ2v) is 7.79. The smallest absolute Gasteiger partial charge is 0.0967 e. The van der Waals surface area contributed by atoms with Gasteiger partial charge >= 0.3 is 0 Å². The van der Waals surface area contributed by atoms with E-state index in [-0.39, 0.29) is 5.54 Å². The van der Waals surface area contributed by atoms with Gasteiger partial charge in [0.05, 0.1) is 30.2 Å². The summed E-state index contributed by atoms with van der Waals surface area (Å²) in [7, 11) is 3.74. The lowest BCUT2D eigenvalue weighted by Crippen LogP contribution is -2.23. The van der Waals surface area contributed by atoms with Gasteiger partial charge in [-0.3, -0.25) is 9.58 Å². The van der Waals surface area contributed by atoms with Crippen LogP contribution in [-0.4, -0.2) is 56.5 Å². The SMILES string of the molecule is COC[C@@H]1CN(Cc2cn(C(C)(C)C)nn2)C[C@H]1c1cnn(C)c1. The van der Waals surface area contributed by atoms with Crippen molar-refractivity contribution in [1.82, 2.24) is 29.7 Å². The molecule has 0 unspecified atom stereocenters.